The van der Waals surface area contributed by atoms with Crippen molar-refractivity contribution in [2.45, 2.75) is 25.9 Å². The molecule has 28 heavy (non-hydrogen) atoms. The van der Waals surface area contributed by atoms with E-state index in [0.29, 0.717) is 6.54 Å². The van der Waals surface area contributed by atoms with Gasteiger partial charge in [0.15, 0.2) is 0 Å². The van der Waals surface area contributed by atoms with Crippen molar-refractivity contribution in [2.75, 3.05) is 0 Å². The van der Waals surface area contributed by atoms with Gasteiger partial charge in [-0.15, -0.1) is 0 Å². The van der Waals surface area contributed by atoms with Crippen molar-refractivity contribution in [3.05, 3.63) is 93.4 Å². The molecular weight excluding hydrogens is 358 g/mol. The summed E-state index contributed by atoms with van der Waals surface area (Å²) in [6.45, 7) is 2.16. The van der Waals surface area contributed by atoms with Gasteiger partial charge in [-0.2, -0.15) is 0 Å². The lowest BCUT2D eigenvalue weighted by Crippen LogP contribution is -2.31. The first-order chi connectivity index (χ1) is 13.4. The average Bonchev–Trinajstić information content (AvgIpc) is 3.03. The van der Waals surface area contributed by atoms with Crippen LogP contribution < -0.4 is 10.9 Å². The smallest absolute Gasteiger partial charge is 0.305 e. The lowest BCUT2D eigenvalue weighted by molar-refractivity contribution is -0.137. The average molecular weight is 379 g/mol. The lowest BCUT2D eigenvalue weighted by Gasteiger charge is -2.19. The predicted molar refractivity (Wildman–Crippen MR) is 104 cm³/mol. The van der Waals surface area contributed by atoms with E-state index in [0.717, 1.165) is 16.7 Å². The number of H-pyrrole nitrogens is 1. The summed E-state index contributed by atoms with van der Waals surface area (Å²) in [5.74, 6) is -1.55. The van der Waals surface area contributed by atoms with E-state index in [-0.39, 0.29) is 17.7 Å². The number of benzene rings is 2. The maximum Gasteiger partial charge on any atom is 0.305 e. The van der Waals surface area contributed by atoms with Crippen molar-refractivity contribution in [1.82, 2.24) is 15.1 Å². The van der Waals surface area contributed by atoms with Crippen LogP contribution in [-0.2, 0) is 11.3 Å². The second kappa shape index (κ2) is 8.39. The predicted octanol–water partition coefficient (Wildman–Crippen LogP) is 2.48. The second-order valence-corrected chi connectivity index (χ2v) is 6.56. The van der Waals surface area contributed by atoms with Crippen LogP contribution in [-0.4, -0.2) is 26.8 Å². The van der Waals surface area contributed by atoms with E-state index in [2.05, 4.69) is 10.4 Å². The van der Waals surface area contributed by atoms with Crippen molar-refractivity contribution >= 4 is 11.9 Å². The van der Waals surface area contributed by atoms with Crippen LogP contribution in [0.5, 0.6) is 0 Å². The third-order valence-corrected chi connectivity index (χ3v) is 4.47. The lowest BCUT2D eigenvalue weighted by atomic mass is 9.98. The van der Waals surface area contributed by atoms with E-state index in [4.69, 9.17) is 0 Å². The highest BCUT2D eigenvalue weighted by molar-refractivity contribution is 5.92. The molecule has 0 saturated carbocycles. The van der Waals surface area contributed by atoms with E-state index in [1.165, 1.54) is 10.7 Å². The van der Waals surface area contributed by atoms with Gasteiger partial charge in [-0.1, -0.05) is 54.6 Å². The Morgan fingerprint density at radius 2 is 1.79 bits per heavy atom. The Bertz CT molecular complexity index is 1040. The number of carbonyl (C=O) groups excluding carboxylic acids is 1. The van der Waals surface area contributed by atoms with Gasteiger partial charge >= 0.3 is 5.97 Å². The van der Waals surface area contributed by atoms with Crippen LogP contribution in [0, 0.1) is 6.92 Å². The van der Waals surface area contributed by atoms with Crippen LogP contribution >= 0.6 is 0 Å². The Hall–Kier alpha value is -3.61. The summed E-state index contributed by atoms with van der Waals surface area (Å²) in [6.07, 6.45) is -0.258. The highest BCUT2D eigenvalue weighted by atomic mass is 16.4. The first-order valence-electron chi connectivity index (χ1n) is 8.86. The van der Waals surface area contributed by atoms with Crippen LogP contribution in [0.1, 0.15) is 39.6 Å². The monoisotopic (exact) mass is 379 g/mol. The van der Waals surface area contributed by atoms with Crippen LogP contribution in [0.2, 0.25) is 0 Å². The zero-order chi connectivity index (χ0) is 20.1. The molecule has 0 fully saturated rings. The van der Waals surface area contributed by atoms with E-state index >= 15 is 0 Å². The SMILES string of the molecule is Cc1ccccc1[C@H](CC(=O)O)NC(=O)c1cc(=O)n(Cc2ccccc2)[nH]1. The molecule has 0 bridgehead atoms. The topological polar surface area (TPSA) is 104 Å². The number of hydrogen-bond donors (Lipinski definition) is 3. The Kier molecular flexibility index (Phi) is 5.74. The fraction of sp³-hybridized carbons (Fsp3) is 0.190. The highest BCUT2D eigenvalue weighted by Gasteiger charge is 2.21. The Labute approximate surface area is 161 Å². The molecule has 0 radical (unpaired) electrons. The van der Waals surface area contributed by atoms with Gasteiger partial charge in [0.25, 0.3) is 11.5 Å². The number of rotatable bonds is 7. The Balaban J connectivity index is 1.80. The maximum absolute atomic E-state index is 12.7. The fourth-order valence-corrected chi connectivity index (χ4v) is 3.06. The van der Waals surface area contributed by atoms with Crippen LogP contribution in [0.3, 0.4) is 0 Å². The van der Waals surface area contributed by atoms with Crippen molar-refractivity contribution in [3.8, 4) is 0 Å². The molecule has 1 aromatic heterocycles. The number of aliphatic carboxylic acids is 1. The second-order valence-electron chi connectivity index (χ2n) is 6.56. The Morgan fingerprint density at radius 1 is 1.11 bits per heavy atom. The number of nitrogens with zero attached hydrogens (tertiary/aromatic N) is 1. The van der Waals surface area contributed by atoms with E-state index < -0.39 is 17.9 Å². The molecular formula is C21H21N3O4. The minimum absolute atomic E-state index is 0.0879. The molecule has 0 saturated heterocycles. The molecule has 1 amide bonds. The number of aromatic amines is 1. The molecule has 1 heterocycles. The number of amides is 1. The van der Waals surface area contributed by atoms with Gasteiger partial charge in [0.2, 0.25) is 0 Å². The molecule has 1 atom stereocenters. The number of nitrogens with one attached hydrogen (secondary N) is 2. The van der Waals surface area contributed by atoms with Gasteiger partial charge < -0.3 is 10.4 Å². The largest absolute Gasteiger partial charge is 0.481 e. The van der Waals surface area contributed by atoms with Crippen LogP contribution in [0.4, 0.5) is 0 Å². The van der Waals surface area contributed by atoms with Gasteiger partial charge in [-0.05, 0) is 23.6 Å². The van der Waals surface area contributed by atoms with Gasteiger partial charge in [-0.25, -0.2) is 4.68 Å². The number of carboxylic acid groups (broad SMARTS) is 1. The third-order valence-electron chi connectivity index (χ3n) is 4.47. The summed E-state index contributed by atoms with van der Waals surface area (Å²) < 4.78 is 1.34. The number of carbonyl (C=O) groups is 2. The van der Waals surface area contributed by atoms with Gasteiger partial charge in [0.05, 0.1) is 19.0 Å². The molecule has 2 aromatic carbocycles. The Morgan fingerprint density at radius 3 is 2.46 bits per heavy atom. The molecule has 3 aromatic rings. The van der Waals surface area contributed by atoms with Crippen molar-refractivity contribution in [2.24, 2.45) is 0 Å². The van der Waals surface area contributed by atoms with Crippen molar-refractivity contribution < 1.29 is 14.7 Å². The van der Waals surface area contributed by atoms with E-state index in [1.807, 2.05) is 49.4 Å². The molecule has 3 N–H and O–H groups in total. The molecule has 0 aliphatic carbocycles. The maximum atomic E-state index is 12.7. The van der Waals surface area contributed by atoms with E-state index in [9.17, 15) is 19.5 Å². The van der Waals surface area contributed by atoms with Crippen molar-refractivity contribution in [3.63, 3.8) is 0 Å². The number of carboxylic acids is 1. The van der Waals surface area contributed by atoms with Gasteiger partial charge in [0.1, 0.15) is 5.69 Å². The first kappa shape index (κ1) is 19.2. The molecule has 0 spiro atoms. The minimum atomic E-state index is -1.02. The fourth-order valence-electron chi connectivity index (χ4n) is 3.06. The van der Waals surface area contributed by atoms with Crippen molar-refractivity contribution in [1.29, 1.82) is 0 Å². The quantitative estimate of drug-likeness (QED) is 0.587. The molecule has 0 unspecified atom stereocenters. The van der Waals surface area contributed by atoms with Gasteiger partial charge in [-0.3, -0.25) is 19.5 Å². The molecule has 0 aliphatic heterocycles. The zero-order valence-electron chi connectivity index (χ0n) is 15.4. The molecule has 144 valence electrons. The summed E-state index contributed by atoms with van der Waals surface area (Å²) in [6, 6.07) is 17.2. The van der Waals surface area contributed by atoms with Crippen LogP contribution in [0.15, 0.2) is 65.5 Å². The normalized spacial score (nSPS) is 11.8. The molecule has 7 heteroatoms. The number of hydrogen-bond acceptors (Lipinski definition) is 3. The summed E-state index contributed by atoms with van der Waals surface area (Å²) >= 11 is 0. The number of aromatic nitrogens is 2. The third kappa shape index (κ3) is 4.56. The summed E-state index contributed by atoms with van der Waals surface area (Å²) in [7, 11) is 0. The van der Waals surface area contributed by atoms with Gasteiger partial charge in [0, 0.05) is 6.07 Å². The summed E-state index contributed by atoms with van der Waals surface area (Å²) in [4.78, 5) is 36.1. The standard InChI is InChI=1S/C21H21N3O4/c1-14-7-5-6-10-16(14)17(12-20(26)27)22-21(28)18-11-19(25)24(23-18)13-15-8-3-2-4-9-15/h2-11,17,23H,12-13H2,1H3,(H,22,28)(H,26,27)/t17-/m0/s1. The van der Waals surface area contributed by atoms with Crippen LogP contribution in [0.25, 0.3) is 0 Å². The minimum Gasteiger partial charge on any atom is -0.481 e. The first-order valence-corrected chi connectivity index (χ1v) is 8.86. The molecule has 3 rings (SSSR count). The zero-order valence-corrected chi connectivity index (χ0v) is 15.4. The molecule has 7 nitrogen and oxygen atoms in total. The highest BCUT2D eigenvalue weighted by Crippen LogP contribution is 2.21. The number of aryl methyl sites for hydroxylation is 1. The van der Waals surface area contributed by atoms with E-state index in [1.54, 1.807) is 12.1 Å². The summed E-state index contributed by atoms with van der Waals surface area (Å²) in [5.41, 5.74) is 2.28. The molecule has 0 aliphatic rings. The summed E-state index contributed by atoms with van der Waals surface area (Å²) in [5, 5.41) is 14.7.